The second-order valence-corrected chi connectivity index (χ2v) is 8.55. The quantitative estimate of drug-likeness (QED) is 0.746. The molecule has 2 aliphatic rings. The average Bonchev–Trinajstić information content (AvgIpc) is 2.62. The van der Waals surface area contributed by atoms with Gasteiger partial charge in [-0.1, -0.05) is 56.0 Å². The number of benzene rings is 1. The predicted octanol–water partition coefficient (Wildman–Crippen LogP) is 5.22. The van der Waals surface area contributed by atoms with Gasteiger partial charge in [0.1, 0.15) is 0 Å². The zero-order valence-electron chi connectivity index (χ0n) is 16.9. The van der Waals surface area contributed by atoms with Gasteiger partial charge in [-0.2, -0.15) is 0 Å². The van der Waals surface area contributed by atoms with Gasteiger partial charge in [0.2, 0.25) is 0 Å². The van der Waals surface area contributed by atoms with Crippen LogP contribution in [-0.2, 0) is 9.47 Å². The van der Waals surface area contributed by atoms with Gasteiger partial charge in [0.15, 0.2) is 5.79 Å². The lowest BCUT2D eigenvalue weighted by atomic mass is 9.69. The van der Waals surface area contributed by atoms with Gasteiger partial charge in [-0.15, -0.1) is 0 Å². The first-order valence-electron chi connectivity index (χ1n) is 10.3. The smallest absolute Gasteiger partial charge is 0.163 e. The monoisotopic (exact) mass is 370 g/mol. The lowest BCUT2D eigenvalue weighted by Crippen LogP contribution is -2.45. The molecule has 1 aromatic rings. The zero-order chi connectivity index (χ0) is 19.4. The van der Waals surface area contributed by atoms with Crippen LogP contribution in [0.4, 0.5) is 0 Å². The number of ether oxygens (including phenoxy) is 2. The fourth-order valence-corrected chi connectivity index (χ4v) is 4.75. The van der Waals surface area contributed by atoms with Crippen LogP contribution in [0.5, 0.6) is 0 Å². The first-order chi connectivity index (χ1) is 12.9. The summed E-state index contributed by atoms with van der Waals surface area (Å²) in [4.78, 5) is 0. The third-order valence-electron chi connectivity index (χ3n) is 5.98. The zero-order valence-corrected chi connectivity index (χ0v) is 16.9. The summed E-state index contributed by atoms with van der Waals surface area (Å²) in [5.74, 6) is 0.827. The van der Waals surface area contributed by atoms with Gasteiger partial charge in [0, 0.05) is 18.9 Å². The lowest BCUT2D eigenvalue weighted by Gasteiger charge is -2.42. The van der Waals surface area contributed by atoms with E-state index in [0.29, 0.717) is 24.2 Å². The van der Waals surface area contributed by atoms with Crippen LogP contribution in [0.3, 0.4) is 0 Å². The fraction of sp³-hybridized carbons (Fsp3) is 0.583. The van der Waals surface area contributed by atoms with E-state index in [2.05, 4.69) is 56.0 Å². The minimum Gasteiger partial charge on any atom is -0.396 e. The van der Waals surface area contributed by atoms with Gasteiger partial charge in [-0.3, -0.25) is 0 Å². The van der Waals surface area contributed by atoms with Gasteiger partial charge in [0.25, 0.3) is 0 Å². The molecule has 1 aromatic carbocycles. The molecular formula is C24H34O3. The molecule has 0 unspecified atom stereocenters. The Hall–Kier alpha value is -1.42. The number of hydrogen-bond donors (Lipinski definition) is 1. The molecule has 5 atom stereocenters. The van der Waals surface area contributed by atoms with Crippen LogP contribution in [0, 0.1) is 11.8 Å². The minimum atomic E-state index is -0.580. The second-order valence-electron chi connectivity index (χ2n) is 8.55. The maximum Gasteiger partial charge on any atom is 0.163 e. The Balaban J connectivity index is 1.70. The molecule has 1 aliphatic carbocycles. The van der Waals surface area contributed by atoms with Crippen LogP contribution in [-0.4, -0.2) is 29.7 Å². The van der Waals surface area contributed by atoms with Crippen molar-refractivity contribution >= 4 is 0 Å². The molecule has 1 saturated heterocycles. The van der Waals surface area contributed by atoms with E-state index in [4.69, 9.17) is 9.47 Å². The van der Waals surface area contributed by atoms with E-state index in [9.17, 15) is 5.11 Å². The summed E-state index contributed by atoms with van der Waals surface area (Å²) in [5, 5.41) is 9.30. The van der Waals surface area contributed by atoms with Crippen molar-refractivity contribution < 1.29 is 14.6 Å². The predicted molar refractivity (Wildman–Crippen MR) is 109 cm³/mol. The average molecular weight is 371 g/mol. The molecule has 1 heterocycles. The third-order valence-corrected chi connectivity index (χ3v) is 5.98. The van der Waals surface area contributed by atoms with Crippen molar-refractivity contribution in [3.8, 4) is 0 Å². The molecular weight excluding hydrogens is 336 g/mol. The van der Waals surface area contributed by atoms with Crippen LogP contribution in [0.2, 0.25) is 0 Å². The van der Waals surface area contributed by atoms with Crippen molar-refractivity contribution in [2.24, 2.45) is 11.8 Å². The number of rotatable bonds is 6. The maximum atomic E-state index is 9.30. The molecule has 0 saturated carbocycles. The highest BCUT2D eigenvalue weighted by molar-refractivity contribution is 5.37. The van der Waals surface area contributed by atoms with Crippen LogP contribution >= 0.6 is 0 Å². The largest absolute Gasteiger partial charge is 0.396 e. The number of aliphatic hydroxyl groups is 1. The standard InChI is InChI=1S/C24H34O3/c1-17-10-11-18(2)23(19-8-6-5-7-9-19)22(17)13-12-20-16-21(14-15-25)27-24(3,4)26-20/h5-11,17,20-23,25H,2,12-16H2,1,3-4H3/t17-,20+,21-,22-,23+/m0/s1. The van der Waals surface area contributed by atoms with E-state index in [-0.39, 0.29) is 18.8 Å². The molecule has 0 spiro atoms. The highest BCUT2D eigenvalue weighted by Gasteiger charge is 2.37. The lowest BCUT2D eigenvalue weighted by molar-refractivity contribution is -0.302. The summed E-state index contributed by atoms with van der Waals surface area (Å²) in [6.07, 6.45) is 8.39. The summed E-state index contributed by atoms with van der Waals surface area (Å²) in [6, 6.07) is 10.8. The molecule has 1 aliphatic heterocycles. The molecule has 3 rings (SSSR count). The van der Waals surface area contributed by atoms with Crippen LogP contribution in [0.1, 0.15) is 57.9 Å². The summed E-state index contributed by atoms with van der Waals surface area (Å²) in [7, 11) is 0. The molecule has 1 N–H and O–H groups in total. The minimum absolute atomic E-state index is 0.0762. The van der Waals surface area contributed by atoms with Gasteiger partial charge in [-0.25, -0.2) is 0 Å². The summed E-state index contributed by atoms with van der Waals surface area (Å²) < 4.78 is 12.2. The molecule has 3 nitrogen and oxygen atoms in total. The van der Waals surface area contributed by atoms with E-state index in [0.717, 1.165) is 19.3 Å². The van der Waals surface area contributed by atoms with Crippen molar-refractivity contribution in [1.82, 2.24) is 0 Å². The van der Waals surface area contributed by atoms with Crippen LogP contribution < -0.4 is 0 Å². The first kappa shape index (κ1) is 20.3. The topological polar surface area (TPSA) is 38.7 Å². The molecule has 27 heavy (non-hydrogen) atoms. The van der Waals surface area contributed by atoms with E-state index in [1.165, 1.54) is 11.1 Å². The van der Waals surface area contributed by atoms with E-state index in [1.54, 1.807) is 0 Å². The fourth-order valence-electron chi connectivity index (χ4n) is 4.75. The van der Waals surface area contributed by atoms with Gasteiger partial charge < -0.3 is 14.6 Å². The van der Waals surface area contributed by atoms with Crippen molar-refractivity contribution in [1.29, 1.82) is 0 Å². The molecule has 0 amide bonds. The number of allylic oxidation sites excluding steroid dienone is 3. The third kappa shape index (κ3) is 5.10. The normalized spacial score (nSPS) is 33.2. The SMILES string of the molecule is C=C1C=C[C@H](C)[C@H](CC[C@@H]2C[C@H](CCO)OC(C)(C)O2)[C@H]1c1ccccc1. The van der Waals surface area contributed by atoms with Crippen LogP contribution in [0.15, 0.2) is 54.6 Å². The summed E-state index contributed by atoms with van der Waals surface area (Å²) in [6.45, 7) is 10.8. The van der Waals surface area contributed by atoms with E-state index >= 15 is 0 Å². The maximum absolute atomic E-state index is 9.30. The second kappa shape index (κ2) is 8.72. The summed E-state index contributed by atoms with van der Waals surface area (Å²) >= 11 is 0. The Bertz CT molecular complexity index is 649. The molecule has 3 heteroatoms. The van der Waals surface area contributed by atoms with Crippen LogP contribution in [0.25, 0.3) is 0 Å². The van der Waals surface area contributed by atoms with Crippen molar-refractivity contribution in [2.45, 2.75) is 70.4 Å². The Labute approximate surface area is 164 Å². The van der Waals surface area contributed by atoms with Crippen molar-refractivity contribution in [2.75, 3.05) is 6.61 Å². The Morgan fingerprint density at radius 2 is 1.74 bits per heavy atom. The summed E-state index contributed by atoms with van der Waals surface area (Å²) in [5.41, 5.74) is 2.56. The van der Waals surface area contributed by atoms with E-state index < -0.39 is 5.79 Å². The number of hydrogen-bond acceptors (Lipinski definition) is 3. The molecule has 1 fully saturated rings. The molecule has 0 bridgehead atoms. The van der Waals surface area contributed by atoms with E-state index in [1.807, 2.05) is 13.8 Å². The van der Waals surface area contributed by atoms with Gasteiger partial charge >= 0.3 is 0 Å². The molecule has 0 radical (unpaired) electrons. The van der Waals surface area contributed by atoms with Crippen molar-refractivity contribution in [3.05, 3.63) is 60.2 Å². The molecule has 148 valence electrons. The first-order valence-corrected chi connectivity index (χ1v) is 10.3. The van der Waals surface area contributed by atoms with Crippen molar-refractivity contribution in [3.63, 3.8) is 0 Å². The number of aliphatic hydroxyl groups excluding tert-OH is 1. The van der Waals surface area contributed by atoms with Gasteiger partial charge in [0.05, 0.1) is 12.2 Å². The van der Waals surface area contributed by atoms with Gasteiger partial charge in [-0.05, 0) is 56.1 Å². The highest BCUT2D eigenvalue weighted by Crippen LogP contribution is 2.43. The Morgan fingerprint density at radius 1 is 1.07 bits per heavy atom. The highest BCUT2D eigenvalue weighted by atomic mass is 16.7. The Morgan fingerprint density at radius 3 is 2.41 bits per heavy atom. The molecule has 0 aromatic heterocycles. The Kier molecular flexibility index (Phi) is 6.56.